The summed E-state index contributed by atoms with van der Waals surface area (Å²) in [5, 5.41) is 17.6. The Kier molecular flexibility index (Phi) is 3.68. The standard InChI is InChI=1S/C18H17N3O4/c22-16-7-6-15(17(23)20-16)21-10-13-12(18(21)24)4-1-5-14(13)19-9-11-3-2-8-25-11/h1-5,8,10,15,19,24H,6-7,9H2,(H,20,22,23)/t15-/m1/s1. The third-order valence-electron chi connectivity index (χ3n) is 4.44. The van der Waals surface area contributed by atoms with Crippen molar-refractivity contribution in [2.24, 2.45) is 0 Å². The molecular weight excluding hydrogens is 322 g/mol. The summed E-state index contributed by atoms with van der Waals surface area (Å²) < 4.78 is 6.85. The van der Waals surface area contributed by atoms with Gasteiger partial charge in [0, 0.05) is 29.1 Å². The van der Waals surface area contributed by atoms with Crippen LogP contribution in [-0.2, 0) is 16.1 Å². The molecule has 3 heterocycles. The van der Waals surface area contributed by atoms with Gasteiger partial charge in [-0.2, -0.15) is 0 Å². The number of carbonyl (C=O) groups excluding carboxylic acids is 2. The Morgan fingerprint density at radius 2 is 2.12 bits per heavy atom. The van der Waals surface area contributed by atoms with E-state index >= 15 is 0 Å². The first-order valence-electron chi connectivity index (χ1n) is 8.06. The third-order valence-corrected chi connectivity index (χ3v) is 4.44. The Morgan fingerprint density at radius 1 is 1.24 bits per heavy atom. The molecule has 7 nitrogen and oxygen atoms in total. The van der Waals surface area contributed by atoms with Crippen molar-refractivity contribution >= 4 is 28.3 Å². The number of anilines is 1. The van der Waals surface area contributed by atoms with Crippen molar-refractivity contribution in [1.82, 2.24) is 9.88 Å². The quantitative estimate of drug-likeness (QED) is 0.635. The summed E-state index contributed by atoms with van der Waals surface area (Å²) in [6, 6.07) is 8.64. The zero-order valence-corrected chi connectivity index (χ0v) is 13.4. The second kappa shape index (κ2) is 6.01. The van der Waals surface area contributed by atoms with E-state index < -0.39 is 11.9 Å². The van der Waals surface area contributed by atoms with Crippen molar-refractivity contribution in [2.45, 2.75) is 25.4 Å². The summed E-state index contributed by atoms with van der Waals surface area (Å²) in [4.78, 5) is 23.4. The van der Waals surface area contributed by atoms with Gasteiger partial charge in [0.25, 0.3) is 0 Å². The van der Waals surface area contributed by atoms with E-state index in [1.807, 2.05) is 24.3 Å². The molecule has 3 N–H and O–H groups in total. The van der Waals surface area contributed by atoms with E-state index in [4.69, 9.17) is 4.42 Å². The molecule has 7 heteroatoms. The van der Waals surface area contributed by atoms with Gasteiger partial charge in [-0.25, -0.2) is 0 Å². The van der Waals surface area contributed by atoms with Gasteiger partial charge in [-0.15, -0.1) is 0 Å². The molecule has 1 aromatic carbocycles. The van der Waals surface area contributed by atoms with Gasteiger partial charge in [0.15, 0.2) is 5.88 Å². The number of piperidine rings is 1. The van der Waals surface area contributed by atoms with Crippen LogP contribution in [0.3, 0.4) is 0 Å². The summed E-state index contributed by atoms with van der Waals surface area (Å²) in [6.45, 7) is 0.510. The van der Waals surface area contributed by atoms with Gasteiger partial charge in [-0.1, -0.05) is 6.07 Å². The first kappa shape index (κ1) is 15.3. The van der Waals surface area contributed by atoms with Gasteiger partial charge in [0.2, 0.25) is 11.8 Å². The van der Waals surface area contributed by atoms with Crippen molar-refractivity contribution in [3.63, 3.8) is 0 Å². The number of hydrogen-bond acceptors (Lipinski definition) is 5. The predicted octanol–water partition coefficient (Wildman–Crippen LogP) is 2.53. The fourth-order valence-corrected chi connectivity index (χ4v) is 3.17. The Balaban J connectivity index is 1.68. The monoisotopic (exact) mass is 339 g/mol. The summed E-state index contributed by atoms with van der Waals surface area (Å²) >= 11 is 0. The Labute approximate surface area is 143 Å². The maximum absolute atomic E-state index is 12.1. The molecule has 1 aliphatic heterocycles. The van der Waals surface area contributed by atoms with Gasteiger partial charge in [-0.05, 0) is 30.7 Å². The highest BCUT2D eigenvalue weighted by Crippen LogP contribution is 2.36. The highest BCUT2D eigenvalue weighted by molar-refractivity contribution is 6.01. The molecule has 1 atom stereocenters. The largest absolute Gasteiger partial charge is 0.494 e. The maximum atomic E-state index is 12.1. The molecule has 0 bridgehead atoms. The van der Waals surface area contributed by atoms with Gasteiger partial charge >= 0.3 is 0 Å². The molecule has 0 saturated carbocycles. The van der Waals surface area contributed by atoms with Crippen LogP contribution in [-0.4, -0.2) is 21.5 Å². The second-order valence-electron chi connectivity index (χ2n) is 6.03. The number of aromatic nitrogens is 1. The van der Waals surface area contributed by atoms with Gasteiger partial charge in [0.05, 0.1) is 12.8 Å². The van der Waals surface area contributed by atoms with Crippen LogP contribution < -0.4 is 10.6 Å². The topological polar surface area (TPSA) is 96.5 Å². The number of imide groups is 1. The van der Waals surface area contributed by atoms with Crippen LogP contribution in [0.4, 0.5) is 5.69 Å². The highest BCUT2D eigenvalue weighted by Gasteiger charge is 2.30. The summed E-state index contributed by atoms with van der Waals surface area (Å²) in [6.07, 6.45) is 3.99. The second-order valence-corrected chi connectivity index (χ2v) is 6.03. The van der Waals surface area contributed by atoms with E-state index in [0.717, 1.165) is 16.8 Å². The number of nitrogens with zero attached hydrogens (tertiary/aromatic N) is 1. The van der Waals surface area contributed by atoms with Crippen LogP contribution in [0.25, 0.3) is 10.8 Å². The van der Waals surface area contributed by atoms with Crippen molar-refractivity contribution in [3.8, 4) is 5.88 Å². The van der Waals surface area contributed by atoms with Crippen LogP contribution in [0.15, 0.2) is 47.2 Å². The number of hydrogen-bond donors (Lipinski definition) is 3. The number of rotatable bonds is 4. The summed E-state index contributed by atoms with van der Waals surface area (Å²) in [7, 11) is 0. The lowest BCUT2D eigenvalue weighted by Crippen LogP contribution is -2.41. The molecule has 0 radical (unpaired) electrons. The van der Waals surface area contributed by atoms with Gasteiger partial charge in [-0.3, -0.25) is 14.9 Å². The van der Waals surface area contributed by atoms with Crippen molar-refractivity contribution in [3.05, 3.63) is 48.6 Å². The lowest BCUT2D eigenvalue weighted by molar-refractivity contribution is -0.135. The SMILES string of the molecule is O=C1CC[C@@H](n2cc3c(NCc4ccco4)cccc3c2O)C(=O)N1. The Bertz CT molecular complexity index is 943. The van der Waals surface area contributed by atoms with Crippen LogP contribution in [0, 0.1) is 0 Å². The molecule has 0 aliphatic carbocycles. The Morgan fingerprint density at radius 3 is 2.88 bits per heavy atom. The number of furan rings is 1. The van der Waals surface area contributed by atoms with Crippen LogP contribution >= 0.6 is 0 Å². The van der Waals surface area contributed by atoms with Crippen molar-refractivity contribution in [2.75, 3.05) is 5.32 Å². The lowest BCUT2D eigenvalue weighted by atomic mass is 10.1. The molecule has 0 spiro atoms. The van der Waals surface area contributed by atoms with Crippen LogP contribution in [0.2, 0.25) is 0 Å². The first-order chi connectivity index (χ1) is 12.1. The number of fused-ring (bicyclic) bond motifs is 1. The van der Waals surface area contributed by atoms with E-state index in [-0.39, 0.29) is 18.2 Å². The molecule has 4 rings (SSSR count). The molecule has 0 unspecified atom stereocenters. The molecular formula is C18H17N3O4. The minimum absolute atomic E-state index is 0.0196. The molecule has 25 heavy (non-hydrogen) atoms. The molecule has 1 saturated heterocycles. The molecule has 1 fully saturated rings. The van der Waals surface area contributed by atoms with Crippen LogP contribution in [0.5, 0.6) is 5.88 Å². The van der Waals surface area contributed by atoms with Crippen molar-refractivity contribution in [1.29, 1.82) is 0 Å². The smallest absolute Gasteiger partial charge is 0.249 e. The van der Waals surface area contributed by atoms with Gasteiger partial charge in [0.1, 0.15) is 11.8 Å². The minimum Gasteiger partial charge on any atom is -0.494 e. The first-order valence-corrected chi connectivity index (χ1v) is 8.06. The highest BCUT2D eigenvalue weighted by atomic mass is 16.3. The fraction of sp³-hybridized carbons (Fsp3) is 0.222. The van der Waals surface area contributed by atoms with Crippen molar-refractivity contribution < 1.29 is 19.1 Å². The zero-order chi connectivity index (χ0) is 17.4. The van der Waals surface area contributed by atoms with E-state index in [2.05, 4.69) is 10.6 Å². The third kappa shape index (κ3) is 2.73. The fourth-order valence-electron chi connectivity index (χ4n) is 3.17. The van der Waals surface area contributed by atoms with Crippen LogP contribution in [0.1, 0.15) is 24.6 Å². The molecule has 128 valence electrons. The maximum Gasteiger partial charge on any atom is 0.249 e. The average molecular weight is 339 g/mol. The normalized spacial score (nSPS) is 17.7. The predicted molar refractivity (Wildman–Crippen MR) is 91.1 cm³/mol. The number of aromatic hydroxyl groups is 1. The van der Waals surface area contributed by atoms with E-state index in [1.165, 1.54) is 4.57 Å². The van der Waals surface area contributed by atoms with E-state index in [9.17, 15) is 14.7 Å². The van der Waals surface area contributed by atoms with Gasteiger partial charge < -0.3 is 19.4 Å². The molecule has 3 aromatic rings. The molecule has 2 aromatic heterocycles. The summed E-state index contributed by atoms with van der Waals surface area (Å²) in [5.41, 5.74) is 0.829. The molecule has 1 aliphatic rings. The summed E-state index contributed by atoms with van der Waals surface area (Å²) in [5.74, 6) is 0.146. The lowest BCUT2D eigenvalue weighted by Gasteiger charge is -2.22. The minimum atomic E-state index is -0.594. The number of carbonyl (C=O) groups is 2. The van der Waals surface area contributed by atoms with E-state index in [0.29, 0.717) is 18.4 Å². The average Bonchev–Trinajstić information content (AvgIpc) is 3.22. The number of amides is 2. The number of benzene rings is 1. The van der Waals surface area contributed by atoms with E-state index in [1.54, 1.807) is 18.5 Å². The Hall–Kier alpha value is -3.22. The molecule has 2 amide bonds. The zero-order valence-electron chi connectivity index (χ0n) is 13.4. The number of nitrogens with one attached hydrogen (secondary N) is 2.